The molecule has 1 aromatic heterocycles. The summed E-state index contributed by atoms with van der Waals surface area (Å²) in [6.45, 7) is 1.30. The smallest absolute Gasteiger partial charge is 0.252 e. The number of pyridine rings is 1. The molecule has 1 fully saturated rings. The first kappa shape index (κ1) is 17.1. The predicted octanol–water partition coefficient (Wildman–Crippen LogP) is 1.54. The molecule has 25 heavy (non-hydrogen) atoms. The van der Waals surface area contributed by atoms with Crippen molar-refractivity contribution in [3.8, 4) is 0 Å². The molecule has 1 saturated heterocycles. The molecule has 6 heteroatoms. The predicted molar refractivity (Wildman–Crippen MR) is 92.7 cm³/mol. The van der Waals surface area contributed by atoms with Crippen LogP contribution in [0.5, 0.6) is 0 Å². The zero-order valence-corrected chi connectivity index (χ0v) is 13.8. The maximum absolute atomic E-state index is 12.9. The molecule has 6 nitrogen and oxygen atoms in total. The molecular weight excluding hydrogens is 318 g/mol. The Balaban J connectivity index is 1.83. The molecule has 0 spiro atoms. The van der Waals surface area contributed by atoms with Gasteiger partial charge in [0.05, 0.1) is 0 Å². The van der Waals surface area contributed by atoms with E-state index in [-0.39, 0.29) is 11.8 Å². The minimum atomic E-state index is -1.14. The Morgan fingerprint density at radius 2 is 1.68 bits per heavy atom. The van der Waals surface area contributed by atoms with Crippen molar-refractivity contribution in [2.24, 2.45) is 0 Å². The number of rotatable bonds is 5. The second-order valence-corrected chi connectivity index (χ2v) is 6.07. The minimum absolute atomic E-state index is 0.258. The van der Waals surface area contributed by atoms with Crippen LogP contribution in [-0.2, 0) is 4.79 Å². The quantitative estimate of drug-likeness (QED) is 0.866. The Kier molecular flexibility index (Phi) is 5.40. The van der Waals surface area contributed by atoms with Crippen molar-refractivity contribution in [1.29, 1.82) is 0 Å². The van der Waals surface area contributed by atoms with Gasteiger partial charge >= 0.3 is 0 Å². The zero-order valence-electron chi connectivity index (χ0n) is 13.8. The standard InChI is InChI=1S/C19H21N3O3/c23-17(14-8-10-20-11-9-14)16(19(25)22-12-4-5-13-22)21-18(24)15-6-2-1-3-7-15/h1-3,6-11,16-17,23H,4-5,12-13H2,(H,21,24)/t16?,17-/m0/s1. The summed E-state index contributed by atoms with van der Waals surface area (Å²) in [5.74, 6) is -0.641. The summed E-state index contributed by atoms with van der Waals surface area (Å²) in [5, 5.41) is 13.4. The first-order chi connectivity index (χ1) is 12.2. The van der Waals surface area contributed by atoms with Gasteiger partial charge < -0.3 is 15.3 Å². The fourth-order valence-electron chi connectivity index (χ4n) is 2.98. The van der Waals surface area contributed by atoms with Crippen LogP contribution in [0.3, 0.4) is 0 Å². The molecule has 3 rings (SSSR count). The van der Waals surface area contributed by atoms with Gasteiger partial charge in [0, 0.05) is 31.0 Å². The summed E-state index contributed by atoms with van der Waals surface area (Å²) >= 11 is 0. The zero-order chi connectivity index (χ0) is 17.6. The summed E-state index contributed by atoms with van der Waals surface area (Å²) in [4.78, 5) is 31.0. The van der Waals surface area contributed by atoms with Crippen LogP contribution in [0.1, 0.15) is 34.9 Å². The van der Waals surface area contributed by atoms with E-state index in [1.165, 1.54) is 0 Å². The van der Waals surface area contributed by atoms with Gasteiger partial charge in [-0.15, -0.1) is 0 Å². The summed E-state index contributed by atoms with van der Waals surface area (Å²) < 4.78 is 0. The fraction of sp³-hybridized carbons (Fsp3) is 0.316. The molecule has 1 aliphatic rings. The van der Waals surface area contributed by atoms with E-state index in [1.54, 1.807) is 53.7 Å². The second-order valence-electron chi connectivity index (χ2n) is 6.07. The number of hydrogen-bond donors (Lipinski definition) is 2. The average molecular weight is 339 g/mol. The highest BCUT2D eigenvalue weighted by atomic mass is 16.3. The molecule has 0 saturated carbocycles. The van der Waals surface area contributed by atoms with Crippen LogP contribution in [0.15, 0.2) is 54.9 Å². The molecule has 2 amide bonds. The summed E-state index contributed by atoms with van der Waals surface area (Å²) in [6, 6.07) is 10.9. The molecule has 0 aliphatic carbocycles. The van der Waals surface area contributed by atoms with Crippen molar-refractivity contribution in [3.63, 3.8) is 0 Å². The first-order valence-electron chi connectivity index (χ1n) is 8.39. The lowest BCUT2D eigenvalue weighted by Gasteiger charge is -2.28. The van der Waals surface area contributed by atoms with Gasteiger partial charge in [-0.1, -0.05) is 18.2 Å². The van der Waals surface area contributed by atoms with E-state index in [0.717, 1.165) is 12.8 Å². The number of aromatic nitrogens is 1. The minimum Gasteiger partial charge on any atom is -0.386 e. The maximum atomic E-state index is 12.9. The summed E-state index contributed by atoms with van der Waals surface area (Å²) in [5.41, 5.74) is 0.990. The van der Waals surface area contributed by atoms with Crippen molar-refractivity contribution in [3.05, 3.63) is 66.0 Å². The van der Waals surface area contributed by atoms with E-state index in [2.05, 4.69) is 10.3 Å². The van der Waals surface area contributed by atoms with Crippen molar-refractivity contribution in [2.45, 2.75) is 25.0 Å². The number of amides is 2. The third-order valence-electron chi connectivity index (χ3n) is 4.37. The number of carbonyl (C=O) groups excluding carboxylic acids is 2. The number of nitrogens with one attached hydrogen (secondary N) is 1. The normalized spacial score (nSPS) is 16.3. The highest BCUT2D eigenvalue weighted by Gasteiger charge is 2.34. The molecule has 130 valence electrons. The lowest BCUT2D eigenvalue weighted by atomic mass is 10.0. The molecule has 0 bridgehead atoms. The molecule has 1 aromatic carbocycles. The number of hydrogen-bond acceptors (Lipinski definition) is 4. The molecule has 1 aliphatic heterocycles. The molecule has 1 unspecified atom stereocenters. The molecule has 2 heterocycles. The Morgan fingerprint density at radius 1 is 1.04 bits per heavy atom. The first-order valence-corrected chi connectivity index (χ1v) is 8.39. The average Bonchev–Trinajstić information content (AvgIpc) is 3.21. The number of aliphatic hydroxyl groups excluding tert-OH is 1. The number of aliphatic hydroxyl groups is 1. The van der Waals surface area contributed by atoms with Gasteiger partial charge in [-0.05, 0) is 42.7 Å². The van der Waals surface area contributed by atoms with E-state index in [0.29, 0.717) is 24.2 Å². The molecule has 2 atom stereocenters. The Bertz CT molecular complexity index is 715. The van der Waals surface area contributed by atoms with Crippen molar-refractivity contribution < 1.29 is 14.7 Å². The van der Waals surface area contributed by atoms with Crippen molar-refractivity contribution >= 4 is 11.8 Å². The third-order valence-corrected chi connectivity index (χ3v) is 4.37. The van der Waals surface area contributed by atoms with E-state index >= 15 is 0 Å². The third kappa shape index (κ3) is 4.03. The van der Waals surface area contributed by atoms with Crippen molar-refractivity contribution in [1.82, 2.24) is 15.2 Å². The van der Waals surface area contributed by atoms with E-state index < -0.39 is 12.1 Å². The lowest BCUT2D eigenvalue weighted by Crippen LogP contribution is -2.51. The molecular formula is C19H21N3O3. The Labute approximate surface area is 146 Å². The van der Waals surface area contributed by atoms with Crippen LogP contribution in [0.4, 0.5) is 0 Å². The lowest BCUT2D eigenvalue weighted by molar-refractivity contribution is -0.135. The number of nitrogens with zero attached hydrogens (tertiary/aromatic N) is 2. The monoisotopic (exact) mass is 339 g/mol. The summed E-state index contributed by atoms with van der Waals surface area (Å²) in [7, 11) is 0. The highest BCUT2D eigenvalue weighted by molar-refractivity contribution is 5.97. The molecule has 0 radical (unpaired) electrons. The van der Waals surface area contributed by atoms with Crippen LogP contribution in [0.2, 0.25) is 0 Å². The van der Waals surface area contributed by atoms with Crippen molar-refractivity contribution in [2.75, 3.05) is 13.1 Å². The second kappa shape index (κ2) is 7.90. The van der Waals surface area contributed by atoms with Crippen LogP contribution in [0.25, 0.3) is 0 Å². The van der Waals surface area contributed by atoms with Gasteiger partial charge in [0.15, 0.2) is 0 Å². The SMILES string of the molecule is O=C(NC(C(=O)N1CCCC1)[C@@H](O)c1ccncc1)c1ccccc1. The number of benzene rings is 1. The Hall–Kier alpha value is -2.73. The highest BCUT2D eigenvalue weighted by Crippen LogP contribution is 2.20. The fourth-order valence-corrected chi connectivity index (χ4v) is 2.98. The topological polar surface area (TPSA) is 82.5 Å². The van der Waals surface area contributed by atoms with E-state index in [9.17, 15) is 14.7 Å². The largest absolute Gasteiger partial charge is 0.386 e. The van der Waals surface area contributed by atoms with Gasteiger partial charge in [0.25, 0.3) is 5.91 Å². The molecule has 2 aromatic rings. The van der Waals surface area contributed by atoms with Crippen LogP contribution >= 0.6 is 0 Å². The Morgan fingerprint density at radius 3 is 2.32 bits per heavy atom. The van der Waals surface area contributed by atoms with Gasteiger partial charge in [-0.3, -0.25) is 14.6 Å². The summed E-state index contributed by atoms with van der Waals surface area (Å²) in [6.07, 6.45) is 3.85. The number of carbonyl (C=O) groups is 2. The van der Waals surface area contributed by atoms with Crippen LogP contribution in [0, 0.1) is 0 Å². The maximum Gasteiger partial charge on any atom is 0.252 e. The number of likely N-dealkylation sites (tertiary alicyclic amines) is 1. The van der Waals surface area contributed by atoms with Gasteiger partial charge in [0.2, 0.25) is 5.91 Å². The van der Waals surface area contributed by atoms with E-state index in [1.807, 2.05) is 6.07 Å². The van der Waals surface area contributed by atoms with Crippen LogP contribution in [-0.4, -0.2) is 45.9 Å². The molecule has 2 N–H and O–H groups in total. The van der Waals surface area contributed by atoms with E-state index in [4.69, 9.17) is 0 Å². The van der Waals surface area contributed by atoms with Gasteiger partial charge in [-0.2, -0.15) is 0 Å². The van der Waals surface area contributed by atoms with Gasteiger partial charge in [-0.25, -0.2) is 0 Å². The van der Waals surface area contributed by atoms with Gasteiger partial charge in [0.1, 0.15) is 12.1 Å². The van der Waals surface area contributed by atoms with Crippen LogP contribution < -0.4 is 5.32 Å².